The molecule has 0 atom stereocenters. The molecule has 106 valence electrons. The number of ether oxygens (including phenoxy) is 1. The Morgan fingerprint density at radius 3 is 2.84 bits per heavy atom. The van der Waals surface area contributed by atoms with Crippen molar-refractivity contribution in [2.75, 3.05) is 38.3 Å². The number of rotatable bonds is 8. The van der Waals surface area contributed by atoms with Gasteiger partial charge in [-0.25, -0.2) is 0 Å². The van der Waals surface area contributed by atoms with Gasteiger partial charge in [0, 0.05) is 38.9 Å². The van der Waals surface area contributed by atoms with Crippen LogP contribution in [-0.4, -0.2) is 39.3 Å². The number of methoxy groups -OCH3 is 1. The number of hydrogen-bond donors (Lipinski definition) is 1. The van der Waals surface area contributed by atoms with Crippen molar-refractivity contribution in [1.82, 2.24) is 5.32 Å². The van der Waals surface area contributed by atoms with Crippen LogP contribution in [0.2, 0.25) is 0 Å². The van der Waals surface area contributed by atoms with Gasteiger partial charge in [0.2, 0.25) is 5.91 Å². The van der Waals surface area contributed by atoms with Gasteiger partial charge in [-0.15, -0.1) is 0 Å². The lowest BCUT2D eigenvalue weighted by molar-refractivity contribution is -0.121. The molecule has 4 nitrogen and oxygen atoms in total. The zero-order valence-electron chi connectivity index (χ0n) is 12.1. The normalized spacial score (nSPS) is 10.3. The first-order valence-corrected chi connectivity index (χ1v) is 6.74. The first-order valence-electron chi connectivity index (χ1n) is 6.74. The SMILES string of the molecule is CCN(CCNC(=O)CCOC)c1cccc(C)c1. The van der Waals surface area contributed by atoms with E-state index in [0.717, 1.165) is 13.1 Å². The van der Waals surface area contributed by atoms with Gasteiger partial charge in [0.15, 0.2) is 0 Å². The molecule has 0 aliphatic carbocycles. The number of amides is 1. The van der Waals surface area contributed by atoms with E-state index in [0.29, 0.717) is 19.6 Å². The van der Waals surface area contributed by atoms with Gasteiger partial charge < -0.3 is 15.0 Å². The molecule has 4 heteroatoms. The summed E-state index contributed by atoms with van der Waals surface area (Å²) >= 11 is 0. The van der Waals surface area contributed by atoms with Gasteiger partial charge in [-0.1, -0.05) is 12.1 Å². The molecule has 0 unspecified atom stereocenters. The number of hydrogen-bond acceptors (Lipinski definition) is 3. The van der Waals surface area contributed by atoms with Crippen LogP contribution in [0.3, 0.4) is 0 Å². The van der Waals surface area contributed by atoms with E-state index in [1.54, 1.807) is 7.11 Å². The van der Waals surface area contributed by atoms with E-state index in [1.165, 1.54) is 11.3 Å². The van der Waals surface area contributed by atoms with E-state index in [9.17, 15) is 4.79 Å². The lowest BCUT2D eigenvalue weighted by atomic mass is 10.2. The number of nitrogens with one attached hydrogen (secondary N) is 1. The molecule has 0 spiro atoms. The minimum absolute atomic E-state index is 0.0437. The van der Waals surface area contributed by atoms with Gasteiger partial charge in [-0.05, 0) is 31.5 Å². The van der Waals surface area contributed by atoms with E-state index in [1.807, 2.05) is 0 Å². The van der Waals surface area contributed by atoms with E-state index < -0.39 is 0 Å². The number of likely N-dealkylation sites (N-methyl/N-ethyl adjacent to an activating group) is 1. The summed E-state index contributed by atoms with van der Waals surface area (Å²) in [7, 11) is 1.60. The first-order chi connectivity index (χ1) is 9.17. The Bertz CT molecular complexity index is 393. The van der Waals surface area contributed by atoms with Crippen LogP contribution in [0, 0.1) is 6.92 Å². The Hall–Kier alpha value is -1.55. The quantitative estimate of drug-likeness (QED) is 0.780. The summed E-state index contributed by atoms with van der Waals surface area (Å²) in [5.41, 5.74) is 2.45. The summed E-state index contributed by atoms with van der Waals surface area (Å²) in [5, 5.41) is 2.91. The molecule has 0 aliphatic rings. The minimum atomic E-state index is 0.0437. The lowest BCUT2D eigenvalue weighted by Crippen LogP contribution is -2.35. The lowest BCUT2D eigenvalue weighted by Gasteiger charge is -2.23. The maximum atomic E-state index is 11.5. The first kappa shape index (κ1) is 15.5. The summed E-state index contributed by atoms with van der Waals surface area (Å²) in [4.78, 5) is 13.7. The molecule has 1 N–H and O–H groups in total. The van der Waals surface area contributed by atoms with Crippen molar-refractivity contribution in [3.8, 4) is 0 Å². The van der Waals surface area contributed by atoms with Crippen molar-refractivity contribution in [3.05, 3.63) is 29.8 Å². The highest BCUT2D eigenvalue weighted by atomic mass is 16.5. The third-order valence-corrected chi connectivity index (χ3v) is 2.99. The standard InChI is InChI=1S/C15H24N2O2/c1-4-17(14-7-5-6-13(2)12-14)10-9-16-15(18)8-11-19-3/h5-7,12H,4,8-11H2,1-3H3,(H,16,18). The Morgan fingerprint density at radius 2 is 2.21 bits per heavy atom. The van der Waals surface area contributed by atoms with Crippen molar-refractivity contribution in [2.45, 2.75) is 20.3 Å². The van der Waals surface area contributed by atoms with Crippen LogP contribution in [-0.2, 0) is 9.53 Å². The third kappa shape index (κ3) is 5.75. The number of aryl methyl sites for hydroxylation is 1. The number of carbonyl (C=O) groups is 1. The zero-order chi connectivity index (χ0) is 14.1. The molecule has 0 fully saturated rings. The molecule has 0 bridgehead atoms. The highest BCUT2D eigenvalue weighted by Gasteiger charge is 2.05. The predicted octanol–water partition coefficient (Wildman–Crippen LogP) is 1.97. The van der Waals surface area contributed by atoms with Crippen molar-refractivity contribution in [3.63, 3.8) is 0 Å². The van der Waals surface area contributed by atoms with E-state index in [2.05, 4.69) is 48.3 Å². The molecule has 0 heterocycles. The maximum Gasteiger partial charge on any atom is 0.222 e. The van der Waals surface area contributed by atoms with E-state index in [4.69, 9.17) is 4.74 Å². The van der Waals surface area contributed by atoms with Crippen molar-refractivity contribution < 1.29 is 9.53 Å². The molecule has 1 aromatic carbocycles. The van der Waals surface area contributed by atoms with Gasteiger partial charge in [-0.2, -0.15) is 0 Å². The van der Waals surface area contributed by atoms with E-state index >= 15 is 0 Å². The summed E-state index contributed by atoms with van der Waals surface area (Å²) in [6.45, 7) is 7.08. The zero-order valence-corrected chi connectivity index (χ0v) is 12.1. The number of benzene rings is 1. The largest absolute Gasteiger partial charge is 0.384 e. The van der Waals surface area contributed by atoms with Gasteiger partial charge in [0.25, 0.3) is 0 Å². The van der Waals surface area contributed by atoms with Crippen LogP contribution in [0.4, 0.5) is 5.69 Å². The molecular formula is C15H24N2O2. The molecule has 1 amide bonds. The average Bonchev–Trinajstić information content (AvgIpc) is 2.41. The third-order valence-electron chi connectivity index (χ3n) is 2.99. The van der Waals surface area contributed by atoms with Crippen LogP contribution in [0.15, 0.2) is 24.3 Å². The van der Waals surface area contributed by atoms with Crippen molar-refractivity contribution >= 4 is 11.6 Å². The van der Waals surface area contributed by atoms with Gasteiger partial charge >= 0.3 is 0 Å². The average molecular weight is 264 g/mol. The fourth-order valence-electron chi connectivity index (χ4n) is 1.91. The maximum absolute atomic E-state index is 11.5. The molecule has 1 aromatic rings. The second-order valence-corrected chi connectivity index (χ2v) is 4.51. The van der Waals surface area contributed by atoms with Crippen LogP contribution < -0.4 is 10.2 Å². The fraction of sp³-hybridized carbons (Fsp3) is 0.533. The minimum Gasteiger partial charge on any atom is -0.384 e. The Morgan fingerprint density at radius 1 is 1.42 bits per heavy atom. The predicted molar refractivity (Wildman–Crippen MR) is 78.6 cm³/mol. The van der Waals surface area contributed by atoms with Crippen LogP contribution >= 0.6 is 0 Å². The molecular weight excluding hydrogens is 240 g/mol. The number of carbonyl (C=O) groups excluding carboxylic acids is 1. The summed E-state index contributed by atoms with van der Waals surface area (Å²) in [5.74, 6) is 0.0437. The Balaban J connectivity index is 2.39. The fourth-order valence-corrected chi connectivity index (χ4v) is 1.91. The summed E-state index contributed by atoms with van der Waals surface area (Å²) in [6, 6.07) is 8.41. The summed E-state index contributed by atoms with van der Waals surface area (Å²) in [6.07, 6.45) is 0.424. The van der Waals surface area contributed by atoms with Gasteiger partial charge in [-0.3, -0.25) is 4.79 Å². The molecule has 1 rings (SSSR count). The Kier molecular flexibility index (Phi) is 6.97. The highest BCUT2D eigenvalue weighted by molar-refractivity contribution is 5.75. The topological polar surface area (TPSA) is 41.6 Å². The number of nitrogens with zero attached hydrogens (tertiary/aromatic N) is 1. The van der Waals surface area contributed by atoms with Crippen LogP contribution in [0.25, 0.3) is 0 Å². The molecule has 0 saturated heterocycles. The monoisotopic (exact) mass is 264 g/mol. The molecule has 0 radical (unpaired) electrons. The second kappa shape index (κ2) is 8.53. The Labute approximate surface area is 115 Å². The number of anilines is 1. The van der Waals surface area contributed by atoms with Crippen LogP contribution in [0.1, 0.15) is 18.9 Å². The summed E-state index contributed by atoms with van der Waals surface area (Å²) < 4.78 is 4.87. The molecule has 0 saturated carbocycles. The molecule has 0 aromatic heterocycles. The van der Waals surface area contributed by atoms with Gasteiger partial charge in [0.05, 0.1) is 6.61 Å². The van der Waals surface area contributed by atoms with E-state index in [-0.39, 0.29) is 5.91 Å². The van der Waals surface area contributed by atoms with Crippen LogP contribution in [0.5, 0.6) is 0 Å². The molecule has 19 heavy (non-hydrogen) atoms. The molecule has 0 aliphatic heterocycles. The van der Waals surface area contributed by atoms with Gasteiger partial charge in [0.1, 0.15) is 0 Å². The smallest absolute Gasteiger partial charge is 0.222 e. The highest BCUT2D eigenvalue weighted by Crippen LogP contribution is 2.14. The van der Waals surface area contributed by atoms with Crippen molar-refractivity contribution in [1.29, 1.82) is 0 Å². The second-order valence-electron chi connectivity index (χ2n) is 4.51. The van der Waals surface area contributed by atoms with Crippen molar-refractivity contribution in [2.24, 2.45) is 0 Å².